The Kier molecular flexibility index (Phi) is 6.62. The summed E-state index contributed by atoms with van der Waals surface area (Å²) in [5, 5.41) is 1.98. The van der Waals surface area contributed by atoms with Crippen LogP contribution in [0, 0.1) is 12.7 Å². The third kappa shape index (κ3) is 4.65. The summed E-state index contributed by atoms with van der Waals surface area (Å²) in [4.78, 5) is 28.9. The van der Waals surface area contributed by atoms with Crippen LogP contribution in [0.15, 0.2) is 72.1 Å². The number of aromatic nitrogens is 1. The summed E-state index contributed by atoms with van der Waals surface area (Å²) in [6.07, 6.45) is 0. The lowest BCUT2D eigenvalue weighted by Gasteiger charge is -2.13. The number of thiophene rings is 1. The van der Waals surface area contributed by atoms with Crippen molar-refractivity contribution in [3.05, 3.63) is 105 Å². The number of benzene rings is 2. The second-order valence-corrected chi connectivity index (χ2v) is 9.80. The van der Waals surface area contributed by atoms with Crippen molar-refractivity contribution in [2.45, 2.75) is 20.0 Å². The molecule has 0 saturated heterocycles. The molecule has 5 rings (SSSR count). The van der Waals surface area contributed by atoms with E-state index in [0.717, 1.165) is 4.88 Å². The Morgan fingerprint density at radius 1 is 1.11 bits per heavy atom. The molecule has 0 fully saturated rings. The Hall–Kier alpha value is -4.24. The van der Waals surface area contributed by atoms with E-state index in [2.05, 4.69) is 0 Å². The van der Waals surface area contributed by atoms with Crippen molar-refractivity contribution < 1.29 is 23.3 Å². The molecule has 2 aromatic carbocycles. The van der Waals surface area contributed by atoms with Gasteiger partial charge in [0.2, 0.25) is 0 Å². The molecule has 188 valence electrons. The quantitative estimate of drug-likeness (QED) is 0.337. The third-order valence-corrected chi connectivity index (χ3v) is 7.40. The molecule has 2 aromatic heterocycles. The highest BCUT2D eigenvalue weighted by Crippen LogP contribution is 2.28. The van der Waals surface area contributed by atoms with Gasteiger partial charge in [0.1, 0.15) is 23.8 Å². The first-order valence-electron chi connectivity index (χ1n) is 11.7. The average molecular weight is 518 g/mol. The van der Waals surface area contributed by atoms with Crippen LogP contribution in [0.3, 0.4) is 0 Å². The van der Waals surface area contributed by atoms with Gasteiger partial charge < -0.3 is 15.0 Å². The molecule has 1 aliphatic rings. The van der Waals surface area contributed by atoms with Gasteiger partial charge >= 0.3 is 6.03 Å². The molecule has 0 bridgehead atoms. The number of nitrogens with zero attached hydrogens (tertiary/aromatic N) is 3. The number of amides is 3. The lowest BCUT2D eigenvalue weighted by Crippen LogP contribution is -2.28. The van der Waals surface area contributed by atoms with Crippen LogP contribution in [0.2, 0.25) is 0 Å². The van der Waals surface area contributed by atoms with Gasteiger partial charge in [-0.3, -0.25) is 4.79 Å². The van der Waals surface area contributed by atoms with Crippen molar-refractivity contribution in [3.8, 4) is 5.75 Å². The summed E-state index contributed by atoms with van der Waals surface area (Å²) < 4.78 is 23.4. The monoisotopic (exact) mass is 517 g/mol. The van der Waals surface area contributed by atoms with Gasteiger partial charge in [-0.1, -0.05) is 24.3 Å². The molecule has 3 amide bonds. The fourth-order valence-corrected chi connectivity index (χ4v) is 5.34. The van der Waals surface area contributed by atoms with E-state index in [1.807, 2.05) is 34.2 Å². The highest BCUT2D eigenvalue weighted by molar-refractivity contribution is 7.09. The first kappa shape index (κ1) is 24.5. The molecule has 37 heavy (non-hydrogen) atoms. The molecular formula is C28H26FN4O3S+. The van der Waals surface area contributed by atoms with Crippen molar-refractivity contribution in [2.24, 2.45) is 5.73 Å². The van der Waals surface area contributed by atoms with Crippen LogP contribution in [-0.2, 0) is 13.1 Å². The second-order valence-electron chi connectivity index (χ2n) is 8.77. The lowest BCUT2D eigenvalue weighted by atomic mass is 10.2. The van der Waals surface area contributed by atoms with E-state index < -0.39 is 5.91 Å². The highest BCUT2D eigenvalue weighted by atomic mass is 32.1. The molecule has 4 aromatic rings. The molecule has 0 saturated carbocycles. The number of hydrogen-bond donors (Lipinski definition) is 1. The maximum absolute atomic E-state index is 14.6. The Balaban J connectivity index is 1.67. The molecule has 0 aliphatic carbocycles. The Bertz CT molecular complexity index is 1510. The largest absolute Gasteiger partial charge is 0.499 e. The first-order valence-corrected chi connectivity index (χ1v) is 12.6. The van der Waals surface area contributed by atoms with Crippen LogP contribution in [0.4, 0.5) is 14.9 Å². The second kappa shape index (κ2) is 10.0. The van der Waals surface area contributed by atoms with Crippen LogP contribution < -0.4 is 10.5 Å². The maximum atomic E-state index is 14.6. The predicted octanol–water partition coefficient (Wildman–Crippen LogP) is 4.92. The van der Waals surface area contributed by atoms with Crippen LogP contribution in [0.5, 0.6) is 5.75 Å². The molecule has 7 nitrogen and oxygen atoms in total. The van der Waals surface area contributed by atoms with Crippen LogP contribution >= 0.6 is 11.3 Å². The van der Waals surface area contributed by atoms with Crippen LogP contribution in [-0.4, -0.2) is 45.3 Å². The fourth-order valence-electron chi connectivity index (χ4n) is 4.62. The number of primary amides is 1. The number of carbonyl (C=O) groups excluding carboxylic acids is 2. The number of urea groups is 1. The molecule has 0 unspecified atom stereocenters. The molecule has 3 heterocycles. The Morgan fingerprint density at radius 2 is 1.86 bits per heavy atom. The summed E-state index contributed by atoms with van der Waals surface area (Å²) in [6, 6.07) is 19.2. The SMILES string of the molecule is COc1ccc([N+]2=C(c3cc(C(N)=O)c(C)n3Cc3ccccc3F)CN(Cc3cccs3)C2=O)cc1. The van der Waals surface area contributed by atoms with E-state index in [1.54, 1.807) is 71.2 Å². The molecular weight excluding hydrogens is 491 g/mol. The van der Waals surface area contributed by atoms with Crippen molar-refractivity contribution >= 4 is 34.7 Å². The number of hydrogen-bond acceptors (Lipinski definition) is 4. The van der Waals surface area contributed by atoms with Crippen molar-refractivity contribution in [1.29, 1.82) is 0 Å². The standard InChI is InChI=1S/C28H25FN4O3S/c1-18-23(27(30)34)14-25(32(18)15-19-6-3-4-8-24(19)29)26-17-31(16-22-7-5-13-37-22)28(35)33(26)20-9-11-21(36-2)12-10-20/h3-14H,15-17H2,1-2H3,(H-,30,34)/p+1. The van der Waals surface area contributed by atoms with E-state index in [-0.39, 0.29) is 18.4 Å². The van der Waals surface area contributed by atoms with E-state index in [9.17, 15) is 14.0 Å². The molecule has 0 radical (unpaired) electrons. The zero-order chi connectivity index (χ0) is 26.1. The number of ether oxygens (including phenoxy) is 1. The van der Waals surface area contributed by atoms with Crippen LogP contribution in [0.1, 0.15) is 32.2 Å². The van der Waals surface area contributed by atoms with E-state index in [0.29, 0.717) is 52.8 Å². The molecule has 0 spiro atoms. The van der Waals surface area contributed by atoms with Gasteiger partial charge in [0, 0.05) is 16.1 Å². The van der Waals surface area contributed by atoms with Gasteiger partial charge in [0.15, 0.2) is 12.3 Å². The smallest absolute Gasteiger partial charge is 0.497 e. The topological polar surface area (TPSA) is 80.6 Å². The first-order chi connectivity index (χ1) is 17.9. The third-order valence-electron chi connectivity index (χ3n) is 6.54. The van der Waals surface area contributed by atoms with Gasteiger partial charge in [0.05, 0.1) is 24.9 Å². The minimum absolute atomic E-state index is 0.181. The van der Waals surface area contributed by atoms with E-state index in [4.69, 9.17) is 10.5 Å². The van der Waals surface area contributed by atoms with Gasteiger partial charge in [0.25, 0.3) is 5.91 Å². The number of halogens is 1. The number of nitrogens with two attached hydrogens (primary N) is 1. The van der Waals surface area contributed by atoms with Gasteiger partial charge in [-0.05, 0) is 54.8 Å². The van der Waals surface area contributed by atoms with E-state index in [1.165, 1.54) is 6.07 Å². The minimum atomic E-state index is -0.581. The zero-order valence-electron chi connectivity index (χ0n) is 20.5. The Morgan fingerprint density at radius 3 is 2.51 bits per heavy atom. The fraction of sp³-hybridized carbons (Fsp3) is 0.179. The molecule has 9 heteroatoms. The summed E-state index contributed by atoms with van der Waals surface area (Å²) >= 11 is 1.58. The Labute approximate surface area is 217 Å². The lowest BCUT2D eigenvalue weighted by molar-refractivity contribution is -0.332. The number of methoxy groups -OCH3 is 1. The van der Waals surface area contributed by atoms with Crippen molar-refractivity contribution in [2.75, 3.05) is 13.7 Å². The summed E-state index contributed by atoms with van der Waals surface area (Å²) in [5.74, 6) is -0.259. The summed E-state index contributed by atoms with van der Waals surface area (Å²) in [6.45, 7) is 2.72. The minimum Gasteiger partial charge on any atom is -0.497 e. The van der Waals surface area contributed by atoms with Crippen molar-refractivity contribution in [3.63, 3.8) is 0 Å². The summed E-state index contributed by atoms with van der Waals surface area (Å²) in [5.41, 5.74) is 9.08. The molecule has 1 aliphatic heterocycles. The predicted molar refractivity (Wildman–Crippen MR) is 140 cm³/mol. The van der Waals surface area contributed by atoms with Crippen molar-refractivity contribution in [1.82, 2.24) is 9.47 Å². The molecule has 0 atom stereocenters. The van der Waals surface area contributed by atoms with E-state index >= 15 is 0 Å². The number of rotatable bonds is 8. The number of carbonyl (C=O) groups is 2. The van der Waals surface area contributed by atoms with Gasteiger partial charge in [-0.2, -0.15) is 9.37 Å². The van der Waals surface area contributed by atoms with Gasteiger partial charge in [-0.15, -0.1) is 11.3 Å². The van der Waals surface area contributed by atoms with Gasteiger partial charge in [-0.25, -0.2) is 9.29 Å². The highest BCUT2D eigenvalue weighted by Gasteiger charge is 2.42. The summed E-state index contributed by atoms with van der Waals surface area (Å²) in [7, 11) is 1.58. The average Bonchev–Trinajstić information content (AvgIpc) is 3.60. The maximum Gasteiger partial charge on any atom is 0.499 e. The zero-order valence-corrected chi connectivity index (χ0v) is 21.3. The molecule has 2 N–H and O–H groups in total. The normalized spacial score (nSPS) is 13.5. The van der Waals surface area contributed by atoms with Crippen LogP contribution in [0.25, 0.3) is 0 Å².